The van der Waals surface area contributed by atoms with Gasteiger partial charge < -0.3 is 19.0 Å². The molecule has 4 rings (SSSR count). The van der Waals surface area contributed by atoms with Crippen molar-refractivity contribution in [2.24, 2.45) is 0 Å². The van der Waals surface area contributed by atoms with Crippen LogP contribution in [0.1, 0.15) is 24.4 Å². The lowest BCUT2D eigenvalue weighted by atomic mass is 10.1. The predicted molar refractivity (Wildman–Crippen MR) is 170 cm³/mol. The number of ether oxygens (including phenoxy) is 2. The number of rotatable bonds is 12. The van der Waals surface area contributed by atoms with Crippen LogP contribution in [0.15, 0.2) is 57.4 Å². The van der Waals surface area contributed by atoms with Crippen LogP contribution in [0.4, 0.5) is 10.3 Å². The minimum Gasteiger partial charge on any atom is -0.494 e. The molecule has 2 aromatic heterocycles. The summed E-state index contributed by atoms with van der Waals surface area (Å²) in [5, 5.41) is 18.8. The fourth-order valence-electron chi connectivity index (χ4n) is 4.55. The van der Waals surface area contributed by atoms with E-state index in [2.05, 4.69) is 45.8 Å². The summed E-state index contributed by atoms with van der Waals surface area (Å²) in [6.07, 6.45) is -1.49. The lowest BCUT2D eigenvalue weighted by Gasteiger charge is -2.31. The smallest absolute Gasteiger partial charge is 0.246 e. The van der Waals surface area contributed by atoms with Crippen LogP contribution in [0, 0.1) is 12.7 Å². The average Bonchev–Trinajstić information content (AvgIpc) is 3.57. The fraction of sp³-hybridized carbons (Fsp3) is 0.379. The molecule has 1 N–H and O–H groups in total. The molecule has 4 aromatic rings. The molecule has 2 aromatic carbocycles. The van der Waals surface area contributed by atoms with E-state index >= 15 is 0 Å². The van der Waals surface area contributed by atoms with Gasteiger partial charge in [-0.05, 0) is 61.9 Å². The second-order valence-corrected chi connectivity index (χ2v) is 20.0. The van der Waals surface area contributed by atoms with Gasteiger partial charge in [0.1, 0.15) is 34.0 Å². The van der Waals surface area contributed by atoms with Gasteiger partial charge in [0, 0.05) is 19.1 Å². The van der Waals surface area contributed by atoms with Crippen molar-refractivity contribution in [3.05, 3.63) is 70.1 Å². The van der Waals surface area contributed by atoms with E-state index in [1.807, 2.05) is 0 Å². The first kappa shape index (κ1) is 32.7. The average molecular weight is 696 g/mol. The van der Waals surface area contributed by atoms with Gasteiger partial charge in [0.25, 0.3) is 0 Å². The van der Waals surface area contributed by atoms with E-state index in [0.29, 0.717) is 34.8 Å². The van der Waals surface area contributed by atoms with Gasteiger partial charge in [0.05, 0.1) is 20.3 Å². The Morgan fingerprint density at radius 3 is 2.28 bits per heavy atom. The van der Waals surface area contributed by atoms with E-state index < -0.39 is 35.3 Å². The van der Waals surface area contributed by atoms with Crippen LogP contribution >= 0.6 is 15.9 Å². The van der Waals surface area contributed by atoms with Crippen LogP contribution < -0.4 is 13.8 Å². The highest BCUT2D eigenvalue weighted by Crippen LogP contribution is 2.40. The molecular formula is C29H36BrFN4O6SSi. The molecule has 0 saturated heterocycles. The Bertz CT molecular complexity index is 1680. The quantitative estimate of drug-likeness (QED) is 0.170. The number of hydrogen-bond acceptors (Lipinski definition) is 8. The summed E-state index contributed by atoms with van der Waals surface area (Å²) in [6, 6.07) is 13.0. The maximum atomic E-state index is 14.5. The number of nitrogens with zero attached hydrogens (tertiary/aromatic N) is 4. The number of aliphatic hydroxyl groups is 1. The van der Waals surface area contributed by atoms with Gasteiger partial charge in [-0.25, -0.2) is 17.1 Å². The van der Waals surface area contributed by atoms with Gasteiger partial charge in [0.2, 0.25) is 21.8 Å². The van der Waals surface area contributed by atoms with Crippen LogP contribution in [0.25, 0.3) is 17.3 Å². The summed E-state index contributed by atoms with van der Waals surface area (Å²) < 4.78 is 63.1. The van der Waals surface area contributed by atoms with Gasteiger partial charge in [0.15, 0.2) is 5.76 Å². The summed E-state index contributed by atoms with van der Waals surface area (Å²) in [7, 11) is -3.14. The van der Waals surface area contributed by atoms with Crippen molar-refractivity contribution in [1.29, 1.82) is 0 Å². The van der Waals surface area contributed by atoms with Crippen molar-refractivity contribution in [2.45, 2.75) is 50.9 Å². The molecule has 0 saturated carbocycles. The van der Waals surface area contributed by atoms with Crippen molar-refractivity contribution < 1.29 is 31.8 Å². The molecule has 0 aliphatic carbocycles. The van der Waals surface area contributed by atoms with Crippen LogP contribution in [-0.2, 0) is 10.0 Å². The van der Waals surface area contributed by atoms with Gasteiger partial charge in [-0.3, -0.25) is 4.57 Å². The van der Waals surface area contributed by atoms with Crippen molar-refractivity contribution in [3.8, 4) is 28.8 Å². The Hall–Kier alpha value is -3.20. The van der Waals surface area contributed by atoms with E-state index in [9.17, 15) is 17.9 Å². The number of aromatic nitrogens is 3. The summed E-state index contributed by atoms with van der Waals surface area (Å²) in [6.45, 7) is 9.69. The minimum atomic E-state index is -4.33. The first-order chi connectivity index (χ1) is 20.2. The number of methoxy groups -OCH3 is 2. The normalized spacial score (nSPS) is 13.5. The summed E-state index contributed by atoms with van der Waals surface area (Å²) in [4.78, 5) is 0. The Morgan fingerprint density at radius 1 is 1.09 bits per heavy atom. The molecule has 14 heteroatoms. The summed E-state index contributed by atoms with van der Waals surface area (Å²) in [5.41, 5.74) is 0.612. The molecule has 0 fully saturated rings. The lowest BCUT2D eigenvalue weighted by Crippen LogP contribution is -2.44. The molecule has 0 aliphatic rings. The SMILES string of the molecule is COc1cccc(OC)c1-n1c(-c2ccc(C)o2)nnc1N(CC[Si](C)(C)C)S(=O)(=O)[C@@H](C)[C@H](O)c1ccc(F)cc1Br. The largest absolute Gasteiger partial charge is 0.494 e. The number of halogens is 2. The lowest BCUT2D eigenvalue weighted by molar-refractivity contribution is 0.175. The number of benzene rings is 2. The number of aryl methyl sites for hydroxylation is 1. The Morgan fingerprint density at radius 2 is 1.74 bits per heavy atom. The van der Waals surface area contributed by atoms with Crippen molar-refractivity contribution >= 4 is 40.0 Å². The first-order valence-electron chi connectivity index (χ1n) is 13.6. The zero-order valence-corrected chi connectivity index (χ0v) is 28.5. The zero-order valence-electron chi connectivity index (χ0n) is 25.1. The van der Waals surface area contributed by atoms with Crippen LogP contribution in [0.3, 0.4) is 0 Å². The molecule has 43 heavy (non-hydrogen) atoms. The molecule has 2 heterocycles. The molecule has 0 radical (unpaired) electrons. The number of anilines is 1. The third-order valence-electron chi connectivity index (χ3n) is 7.02. The van der Waals surface area contributed by atoms with Crippen LogP contribution in [0.2, 0.25) is 25.7 Å². The third kappa shape index (κ3) is 6.81. The topological polar surface area (TPSA) is 120 Å². The monoisotopic (exact) mass is 694 g/mol. The molecule has 0 bridgehead atoms. The Kier molecular flexibility index (Phi) is 9.74. The predicted octanol–water partition coefficient (Wildman–Crippen LogP) is 6.35. The van der Waals surface area contributed by atoms with Gasteiger partial charge >= 0.3 is 0 Å². The second kappa shape index (κ2) is 12.8. The van der Waals surface area contributed by atoms with Gasteiger partial charge in [-0.1, -0.05) is 47.7 Å². The molecule has 0 spiro atoms. The number of hydrogen-bond donors (Lipinski definition) is 1. The van der Waals surface area contributed by atoms with E-state index in [0.717, 1.165) is 0 Å². The fourth-order valence-corrected chi connectivity index (χ4v) is 7.75. The third-order valence-corrected chi connectivity index (χ3v) is 11.6. The second-order valence-electron chi connectivity index (χ2n) is 11.3. The number of aliphatic hydroxyl groups excluding tert-OH is 1. The van der Waals surface area contributed by atoms with Crippen molar-refractivity contribution in [3.63, 3.8) is 0 Å². The van der Waals surface area contributed by atoms with Crippen molar-refractivity contribution in [1.82, 2.24) is 14.8 Å². The molecule has 232 valence electrons. The summed E-state index contributed by atoms with van der Waals surface area (Å²) >= 11 is 3.26. The number of furan rings is 1. The molecule has 0 aliphatic heterocycles. The van der Waals surface area contributed by atoms with E-state index in [1.54, 1.807) is 41.8 Å². The van der Waals surface area contributed by atoms with Crippen LogP contribution in [0.5, 0.6) is 11.5 Å². The number of sulfonamides is 1. The molecular weight excluding hydrogens is 659 g/mol. The summed E-state index contributed by atoms with van der Waals surface area (Å²) in [5.74, 6) is 1.44. The number of para-hydroxylation sites is 1. The minimum absolute atomic E-state index is 0.0256. The van der Waals surface area contributed by atoms with E-state index in [4.69, 9.17) is 13.9 Å². The Balaban J connectivity index is 1.97. The molecule has 2 atom stereocenters. The molecule has 10 nitrogen and oxygen atoms in total. The van der Waals surface area contributed by atoms with E-state index in [1.165, 1.54) is 43.6 Å². The Labute approximate surface area is 260 Å². The standard InChI is InChI=1S/C29H36BrFN4O6SSi/c1-18-11-14-25(41-18)28-32-33-29(35(28)26-23(39-3)9-8-10-24(26)40-4)34(15-16-43(5,6)7)42(37,38)19(2)27(36)21-13-12-20(31)17-22(21)30/h8-14,17,19,27,36H,15-16H2,1-7H3/t19-,27-/m0/s1. The zero-order chi connectivity index (χ0) is 31.7. The highest BCUT2D eigenvalue weighted by molar-refractivity contribution is 9.10. The van der Waals surface area contributed by atoms with Crippen LogP contribution in [-0.4, -0.2) is 62.4 Å². The van der Waals surface area contributed by atoms with Gasteiger partial charge in [-0.15, -0.1) is 10.2 Å². The highest BCUT2D eigenvalue weighted by Gasteiger charge is 2.40. The maximum absolute atomic E-state index is 14.5. The highest BCUT2D eigenvalue weighted by atomic mass is 79.9. The van der Waals surface area contributed by atoms with Gasteiger partial charge in [-0.2, -0.15) is 0 Å². The maximum Gasteiger partial charge on any atom is 0.246 e. The van der Waals surface area contributed by atoms with Crippen molar-refractivity contribution in [2.75, 3.05) is 25.1 Å². The first-order valence-corrected chi connectivity index (χ1v) is 19.6. The molecule has 0 unspecified atom stereocenters. The molecule has 0 amide bonds. The van der Waals surface area contributed by atoms with E-state index in [-0.39, 0.29) is 28.4 Å².